The molecule has 2 rings (SSSR count). The molecule has 0 fully saturated rings. The monoisotopic (exact) mass is 251 g/mol. The molecule has 1 atom stereocenters. The SMILES string of the molecule is CCNCC(C)c1nc2cccc(Cl)c2n1C. The number of rotatable bonds is 4. The summed E-state index contributed by atoms with van der Waals surface area (Å²) in [6, 6.07) is 5.85. The quantitative estimate of drug-likeness (QED) is 0.906. The summed E-state index contributed by atoms with van der Waals surface area (Å²) in [6.45, 7) is 6.20. The molecule has 2 aromatic rings. The Balaban J connectivity index is 2.42. The van der Waals surface area contributed by atoms with Crippen LogP contribution in [0.3, 0.4) is 0 Å². The van der Waals surface area contributed by atoms with Gasteiger partial charge in [0, 0.05) is 19.5 Å². The molecule has 0 aliphatic rings. The fourth-order valence-corrected chi connectivity index (χ4v) is 2.43. The van der Waals surface area contributed by atoms with Crippen molar-refractivity contribution in [2.45, 2.75) is 19.8 Å². The number of hydrogen-bond donors (Lipinski definition) is 1. The lowest BCUT2D eigenvalue weighted by atomic mass is 10.1. The van der Waals surface area contributed by atoms with Gasteiger partial charge >= 0.3 is 0 Å². The molecule has 0 aliphatic heterocycles. The Hall–Kier alpha value is -1.06. The van der Waals surface area contributed by atoms with Crippen molar-refractivity contribution >= 4 is 22.6 Å². The van der Waals surface area contributed by atoms with Crippen LogP contribution in [0.25, 0.3) is 11.0 Å². The summed E-state index contributed by atoms with van der Waals surface area (Å²) in [7, 11) is 2.03. The number of aromatic nitrogens is 2. The zero-order valence-electron chi connectivity index (χ0n) is 10.5. The van der Waals surface area contributed by atoms with Gasteiger partial charge in [0.15, 0.2) is 0 Å². The molecule has 0 aliphatic carbocycles. The summed E-state index contributed by atoms with van der Waals surface area (Å²) >= 11 is 6.21. The van der Waals surface area contributed by atoms with Crippen LogP contribution in [-0.2, 0) is 7.05 Å². The van der Waals surface area contributed by atoms with Crippen molar-refractivity contribution in [2.75, 3.05) is 13.1 Å². The summed E-state index contributed by atoms with van der Waals surface area (Å²) < 4.78 is 2.10. The third kappa shape index (κ3) is 2.31. The van der Waals surface area contributed by atoms with Crippen molar-refractivity contribution in [1.82, 2.24) is 14.9 Å². The van der Waals surface area contributed by atoms with Crippen molar-refractivity contribution in [3.05, 3.63) is 29.0 Å². The maximum atomic E-state index is 6.21. The van der Waals surface area contributed by atoms with E-state index in [1.807, 2.05) is 25.2 Å². The number of imidazole rings is 1. The number of fused-ring (bicyclic) bond motifs is 1. The summed E-state index contributed by atoms with van der Waals surface area (Å²) in [5.41, 5.74) is 1.99. The molecule has 0 radical (unpaired) electrons. The Bertz CT molecular complexity index is 519. The molecule has 1 heterocycles. The molecule has 92 valence electrons. The van der Waals surface area contributed by atoms with Crippen LogP contribution < -0.4 is 5.32 Å². The number of hydrogen-bond acceptors (Lipinski definition) is 2. The lowest BCUT2D eigenvalue weighted by Crippen LogP contribution is -2.21. The van der Waals surface area contributed by atoms with E-state index in [2.05, 4.69) is 28.7 Å². The van der Waals surface area contributed by atoms with E-state index in [0.717, 1.165) is 35.0 Å². The van der Waals surface area contributed by atoms with E-state index in [4.69, 9.17) is 11.6 Å². The minimum absolute atomic E-state index is 0.378. The maximum Gasteiger partial charge on any atom is 0.113 e. The summed E-state index contributed by atoms with van der Waals surface area (Å²) in [5.74, 6) is 1.46. The van der Waals surface area contributed by atoms with Crippen molar-refractivity contribution in [3.8, 4) is 0 Å². The molecule has 1 unspecified atom stereocenters. The largest absolute Gasteiger partial charge is 0.330 e. The highest BCUT2D eigenvalue weighted by atomic mass is 35.5. The highest BCUT2D eigenvalue weighted by Gasteiger charge is 2.15. The summed E-state index contributed by atoms with van der Waals surface area (Å²) in [5, 5.41) is 4.11. The minimum atomic E-state index is 0.378. The molecule has 0 spiro atoms. The van der Waals surface area contributed by atoms with Crippen LogP contribution in [0, 0.1) is 0 Å². The van der Waals surface area contributed by atoms with Crippen LogP contribution in [-0.4, -0.2) is 22.6 Å². The summed E-state index contributed by atoms with van der Waals surface area (Å²) in [4.78, 5) is 4.66. The van der Waals surface area contributed by atoms with Gasteiger partial charge < -0.3 is 9.88 Å². The third-order valence-electron chi connectivity index (χ3n) is 3.02. The number of halogens is 1. The van der Waals surface area contributed by atoms with Crippen LogP contribution in [0.4, 0.5) is 0 Å². The molecule has 4 heteroatoms. The van der Waals surface area contributed by atoms with Gasteiger partial charge in [0.1, 0.15) is 5.82 Å². The first kappa shape index (κ1) is 12.4. The second kappa shape index (κ2) is 5.07. The number of nitrogens with one attached hydrogen (secondary N) is 1. The van der Waals surface area contributed by atoms with Gasteiger partial charge in [0.25, 0.3) is 0 Å². The Morgan fingerprint density at radius 1 is 1.47 bits per heavy atom. The zero-order valence-corrected chi connectivity index (χ0v) is 11.3. The Labute approximate surface area is 107 Å². The third-order valence-corrected chi connectivity index (χ3v) is 3.33. The minimum Gasteiger partial charge on any atom is -0.330 e. The highest BCUT2D eigenvalue weighted by molar-refractivity contribution is 6.35. The molecule has 0 amide bonds. The molecule has 3 nitrogen and oxygen atoms in total. The van der Waals surface area contributed by atoms with Crippen LogP contribution in [0.1, 0.15) is 25.6 Å². The van der Waals surface area contributed by atoms with E-state index in [9.17, 15) is 0 Å². The fourth-order valence-electron chi connectivity index (χ4n) is 2.13. The van der Waals surface area contributed by atoms with Gasteiger partial charge in [-0.1, -0.05) is 31.5 Å². The molecule has 1 N–H and O–H groups in total. The molecule has 1 aromatic carbocycles. The Morgan fingerprint density at radius 3 is 2.88 bits per heavy atom. The first-order valence-electron chi connectivity index (χ1n) is 5.96. The lowest BCUT2D eigenvalue weighted by Gasteiger charge is -2.11. The first-order valence-corrected chi connectivity index (χ1v) is 6.34. The molecule has 0 saturated carbocycles. The molecular formula is C13H18ClN3. The van der Waals surface area contributed by atoms with E-state index < -0.39 is 0 Å². The van der Waals surface area contributed by atoms with Crippen molar-refractivity contribution in [2.24, 2.45) is 7.05 Å². The molecule has 17 heavy (non-hydrogen) atoms. The van der Waals surface area contributed by atoms with E-state index in [-0.39, 0.29) is 0 Å². The molecular weight excluding hydrogens is 234 g/mol. The van der Waals surface area contributed by atoms with Gasteiger partial charge in [-0.25, -0.2) is 4.98 Å². The first-order chi connectivity index (χ1) is 8.15. The van der Waals surface area contributed by atoms with E-state index in [1.165, 1.54) is 0 Å². The smallest absolute Gasteiger partial charge is 0.113 e. The lowest BCUT2D eigenvalue weighted by molar-refractivity contribution is 0.593. The van der Waals surface area contributed by atoms with E-state index in [1.54, 1.807) is 0 Å². The van der Waals surface area contributed by atoms with Crippen LogP contribution in [0.5, 0.6) is 0 Å². The van der Waals surface area contributed by atoms with Gasteiger partial charge in [-0.2, -0.15) is 0 Å². The average Bonchev–Trinajstić information content (AvgIpc) is 2.65. The van der Waals surface area contributed by atoms with Gasteiger partial charge in [-0.3, -0.25) is 0 Å². The Morgan fingerprint density at radius 2 is 2.24 bits per heavy atom. The maximum absolute atomic E-state index is 6.21. The van der Waals surface area contributed by atoms with Gasteiger partial charge in [0.2, 0.25) is 0 Å². The highest BCUT2D eigenvalue weighted by Crippen LogP contribution is 2.26. The van der Waals surface area contributed by atoms with E-state index >= 15 is 0 Å². The van der Waals surface area contributed by atoms with Crippen LogP contribution in [0.2, 0.25) is 5.02 Å². The number of benzene rings is 1. The summed E-state index contributed by atoms with van der Waals surface area (Å²) in [6.07, 6.45) is 0. The Kier molecular flexibility index (Phi) is 3.69. The molecule has 0 saturated heterocycles. The number of para-hydroxylation sites is 1. The number of nitrogens with zero attached hydrogens (tertiary/aromatic N) is 2. The normalized spacial score (nSPS) is 13.2. The predicted molar refractivity (Wildman–Crippen MR) is 72.7 cm³/mol. The van der Waals surface area contributed by atoms with Crippen molar-refractivity contribution in [1.29, 1.82) is 0 Å². The van der Waals surface area contributed by atoms with Crippen molar-refractivity contribution < 1.29 is 0 Å². The molecule has 0 bridgehead atoms. The van der Waals surface area contributed by atoms with Crippen LogP contribution in [0.15, 0.2) is 18.2 Å². The second-order valence-electron chi connectivity index (χ2n) is 4.35. The zero-order chi connectivity index (χ0) is 12.4. The number of aryl methyl sites for hydroxylation is 1. The topological polar surface area (TPSA) is 29.9 Å². The van der Waals surface area contributed by atoms with Crippen molar-refractivity contribution in [3.63, 3.8) is 0 Å². The fraction of sp³-hybridized carbons (Fsp3) is 0.462. The average molecular weight is 252 g/mol. The van der Waals surface area contributed by atoms with Gasteiger partial charge in [-0.05, 0) is 18.7 Å². The predicted octanol–water partition coefficient (Wildman–Crippen LogP) is 2.94. The van der Waals surface area contributed by atoms with Gasteiger partial charge in [-0.15, -0.1) is 0 Å². The van der Waals surface area contributed by atoms with Gasteiger partial charge in [0.05, 0.1) is 16.1 Å². The standard InChI is InChI=1S/C13H18ClN3/c1-4-15-8-9(2)13-16-11-7-5-6-10(14)12(11)17(13)3/h5-7,9,15H,4,8H2,1-3H3. The number of likely N-dealkylation sites (N-methyl/N-ethyl adjacent to an activating group) is 1. The molecule has 1 aromatic heterocycles. The van der Waals surface area contributed by atoms with Crippen LogP contribution >= 0.6 is 11.6 Å². The van der Waals surface area contributed by atoms with E-state index in [0.29, 0.717) is 5.92 Å². The second-order valence-corrected chi connectivity index (χ2v) is 4.75.